The molecule has 5 rings (SSSR count). The number of morpholine rings is 1. The highest BCUT2D eigenvalue weighted by Crippen LogP contribution is 2.24. The number of anilines is 4. The summed E-state index contributed by atoms with van der Waals surface area (Å²) >= 11 is 0. The molecule has 3 amide bonds. The van der Waals surface area contributed by atoms with Gasteiger partial charge in [0.1, 0.15) is 0 Å². The van der Waals surface area contributed by atoms with Crippen molar-refractivity contribution in [2.75, 3.05) is 73.7 Å². The van der Waals surface area contributed by atoms with Crippen molar-refractivity contribution < 1.29 is 22.7 Å². The second-order valence-electron chi connectivity index (χ2n) is 10.6. The predicted molar refractivity (Wildman–Crippen MR) is 176 cm³/mol. The molecule has 0 bridgehead atoms. The van der Waals surface area contributed by atoms with Crippen LogP contribution >= 0.6 is 0 Å². The summed E-state index contributed by atoms with van der Waals surface area (Å²) in [5.41, 5.74) is 2.10. The van der Waals surface area contributed by atoms with E-state index >= 15 is 0 Å². The number of nitrogens with zero attached hydrogens (tertiary/aromatic N) is 5. The number of benzene rings is 3. The van der Waals surface area contributed by atoms with Crippen molar-refractivity contribution >= 4 is 45.2 Å². The van der Waals surface area contributed by atoms with Crippen LogP contribution in [-0.4, -0.2) is 93.7 Å². The Morgan fingerprint density at radius 2 is 1.48 bits per heavy atom. The van der Waals surface area contributed by atoms with Crippen molar-refractivity contribution in [3.63, 3.8) is 0 Å². The second-order valence-corrected chi connectivity index (χ2v) is 12.3. The van der Waals surface area contributed by atoms with Crippen molar-refractivity contribution in [2.45, 2.75) is 4.90 Å². The molecule has 4 aromatic rings. The van der Waals surface area contributed by atoms with Crippen LogP contribution in [0, 0.1) is 0 Å². The van der Waals surface area contributed by atoms with E-state index in [0.717, 1.165) is 6.54 Å². The van der Waals surface area contributed by atoms with Crippen LogP contribution in [0.2, 0.25) is 0 Å². The summed E-state index contributed by atoms with van der Waals surface area (Å²) in [5, 5.41) is 8.36. The fourth-order valence-corrected chi connectivity index (χ4v) is 5.38. The van der Waals surface area contributed by atoms with Gasteiger partial charge in [-0.1, -0.05) is 18.2 Å². The molecule has 2 heterocycles. The Balaban J connectivity index is 1.26. The summed E-state index contributed by atoms with van der Waals surface area (Å²) in [6, 6.07) is 20.9. The first-order valence-corrected chi connectivity index (χ1v) is 16.0. The van der Waals surface area contributed by atoms with Crippen LogP contribution in [-0.2, 0) is 14.8 Å². The van der Waals surface area contributed by atoms with Crippen LogP contribution in [0.1, 0.15) is 10.4 Å². The number of sulfonamides is 1. The zero-order valence-electron chi connectivity index (χ0n) is 25.4. The summed E-state index contributed by atoms with van der Waals surface area (Å²) < 4.78 is 33.9. The average molecular weight is 646 g/mol. The van der Waals surface area contributed by atoms with E-state index < -0.39 is 16.1 Å². The monoisotopic (exact) mass is 645 g/mol. The minimum Gasteiger partial charge on any atom is -0.378 e. The normalized spacial score (nSPS) is 13.2. The van der Waals surface area contributed by atoms with Gasteiger partial charge < -0.3 is 30.5 Å². The molecule has 3 aromatic carbocycles. The van der Waals surface area contributed by atoms with E-state index in [0.29, 0.717) is 61.3 Å². The van der Waals surface area contributed by atoms with Crippen molar-refractivity contribution in [2.24, 2.45) is 0 Å². The van der Waals surface area contributed by atoms with Gasteiger partial charge in [0, 0.05) is 48.7 Å². The Labute approximate surface area is 267 Å². The van der Waals surface area contributed by atoms with E-state index in [1.54, 1.807) is 66.7 Å². The van der Waals surface area contributed by atoms with E-state index in [2.05, 4.69) is 35.6 Å². The van der Waals surface area contributed by atoms with Gasteiger partial charge in [-0.25, -0.2) is 17.9 Å². The number of hydrogen-bond acceptors (Lipinski definition) is 10. The molecule has 0 radical (unpaired) electrons. The van der Waals surface area contributed by atoms with Crippen molar-refractivity contribution in [3.05, 3.63) is 84.4 Å². The molecule has 0 atom stereocenters. The molecular formula is C31H35N9O5S. The Morgan fingerprint density at radius 1 is 0.848 bits per heavy atom. The largest absolute Gasteiger partial charge is 0.378 e. The van der Waals surface area contributed by atoms with Crippen molar-refractivity contribution in [3.8, 4) is 11.4 Å². The lowest BCUT2D eigenvalue weighted by Crippen LogP contribution is -2.37. The molecule has 240 valence electrons. The Kier molecular flexibility index (Phi) is 10.4. The summed E-state index contributed by atoms with van der Waals surface area (Å²) in [6.07, 6.45) is 0. The van der Waals surface area contributed by atoms with Gasteiger partial charge in [-0.05, 0) is 74.8 Å². The number of urea groups is 1. The smallest absolute Gasteiger partial charge is 0.323 e. The number of hydrogen-bond donors (Lipinski definition) is 4. The molecule has 15 heteroatoms. The number of carbonyl (C=O) groups is 2. The maximum absolute atomic E-state index is 13.0. The molecule has 0 unspecified atom stereocenters. The number of likely N-dealkylation sites (N-methyl/N-ethyl adjacent to an activating group) is 1. The van der Waals surface area contributed by atoms with Crippen LogP contribution < -0.4 is 25.6 Å². The predicted octanol–water partition coefficient (Wildman–Crippen LogP) is 3.11. The highest BCUT2D eigenvalue weighted by atomic mass is 32.2. The fraction of sp³-hybridized carbons (Fsp3) is 0.258. The van der Waals surface area contributed by atoms with Crippen LogP contribution in [0.5, 0.6) is 0 Å². The maximum atomic E-state index is 13.0. The van der Waals surface area contributed by atoms with E-state index in [1.165, 1.54) is 12.1 Å². The van der Waals surface area contributed by atoms with Crippen LogP contribution in [0.25, 0.3) is 11.4 Å². The van der Waals surface area contributed by atoms with E-state index in [4.69, 9.17) is 4.74 Å². The topological polar surface area (TPSA) is 171 Å². The molecule has 14 nitrogen and oxygen atoms in total. The zero-order valence-corrected chi connectivity index (χ0v) is 26.3. The summed E-state index contributed by atoms with van der Waals surface area (Å²) in [5.74, 6) is 0.268. The first-order valence-electron chi connectivity index (χ1n) is 14.5. The number of aromatic nitrogens is 3. The molecule has 0 aliphatic carbocycles. The highest BCUT2D eigenvalue weighted by molar-refractivity contribution is 7.92. The number of ether oxygens (including phenoxy) is 1. The van der Waals surface area contributed by atoms with E-state index in [1.807, 2.05) is 23.9 Å². The Hall–Kier alpha value is -5.12. The lowest BCUT2D eigenvalue weighted by atomic mass is 10.2. The summed E-state index contributed by atoms with van der Waals surface area (Å²) in [4.78, 5) is 42.3. The second kappa shape index (κ2) is 14.8. The molecule has 1 aliphatic heterocycles. The van der Waals surface area contributed by atoms with Gasteiger partial charge in [0.2, 0.25) is 11.9 Å². The van der Waals surface area contributed by atoms with Gasteiger partial charge >= 0.3 is 6.03 Å². The van der Waals surface area contributed by atoms with Crippen LogP contribution in [0.4, 0.5) is 28.1 Å². The number of rotatable bonds is 11. The van der Waals surface area contributed by atoms with Gasteiger partial charge in [0.15, 0.2) is 5.82 Å². The Morgan fingerprint density at radius 3 is 2.11 bits per heavy atom. The first kappa shape index (κ1) is 32.3. The van der Waals surface area contributed by atoms with E-state index in [9.17, 15) is 18.0 Å². The van der Waals surface area contributed by atoms with Crippen LogP contribution in [0.3, 0.4) is 0 Å². The van der Waals surface area contributed by atoms with E-state index in [-0.39, 0.29) is 22.6 Å². The summed E-state index contributed by atoms with van der Waals surface area (Å²) in [7, 11) is -0.0778. The minimum absolute atomic E-state index is 0.0793. The third-order valence-electron chi connectivity index (χ3n) is 6.85. The molecular weight excluding hydrogens is 610 g/mol. The van der Waals surface area contributed by atoms with Gasteiger partial charge in [-0.3, -0.25) is 4.79 Å². The molecule has 1 fully saturated rings. The van der Waals surface area contributed by atoms with Gasteiger partial charge in [-0.15, -0.1) is 0 Å². The third-order valence-corrected chi connectivity index (χ3v) is 8.19. The molecule has 1 saturated heterocycles. The maximum Gasteiger partial charge on any atom is 0.323 e. The minimum atomic E-state index is -3.94. The lowest BCUT2D eigenvalue weighted by Gasteiger charge is -2.27. The Bertz CT molecular complexity index is 1750. The lowest BCUT2D eigenvalue weighted by molar-refractivity contribution is 0.0951. The number of carbonyl (C=O) groups excluding carboxylic acids is 2. The SMILES string of the molecule is CN(C)CCNC(=O)c1ccc(NC(=O)Nc2ccc(-c3nc(NS(=O)(=O)c4ccccc4)nc(N4CCOCC4)n3)cc2)cc1. The zero-order chi connectivity index (χ0) is 32.5. The molecule has 0 saturated carbocycles. The molecule has 1 aromatic heterocycles. The van der Waals surface area contributed by atoms with Crippen molar-refractivity contribution in [1.82, 2.24) is 25.2 Å². The molecule has 1 aliphatic rings. The standard InChI is InChI=1S/C31H35N9O5S/c1-39(2)17-16-32-28(41)23-10-14-25(15-11-23)34-31(42)33-24-12-8-22(9-13-24)27-35-29(37-30(36-27)40-18-20-45-21-19-40)38-46(43,44)26-6-4-3-5-7-26/h3-15H,16-21H2,1-2H3,(H,32,41)(H2,33,34,42)(H,35,36,37,38). The van der Waals surface area contributed by atoms with Gasteiger partial charge in [-0.2, -0.15) is 15.0 Å². The van der Waals surface area contributed by atoms with Gasteiger partial charge in [0.05, 0.1) is 18.1 Å². The summed E-state index contributed by atoms with van der Waals surface area (Å²) in [6.45, 7) is 3.33. The molecule has 0 spiro atoms. The fourth-order valence-electron chi connectivity index (χ4n) is 4.42. The van der Waals surface area contributed by atoms with Crippen molar-refractivity contribution in [1.29, 1.82) is 0 Å². The first-order chi connectivity index (χ1) is 22.2. The molecule has 46 heavy (non-hydrogen) atoms. The molecule has 4 N–H and O–H groups in total. The average Bonchev–Trinajstić information content (AvgIpc) is 3.05. The number of amides is 3. The highest BCUT2D eigenvalue weighted by Gasteiger charge is 2.21. The quantitative estimate of drug-likeness (QED) is 0.190. The van der Waals surface area contributed by atoms with Gasteiger partial charge in [0.25, 0.3) is 15.9 Å². The van der Waals surface area contributed by atoms with Crippen LogP contribution in [0.15, 0.2) is 83.8 Å². The third kappa shape index (κ3) is 8.74. The number of nitrogens with one attached hydrogen (secondary N) is 4.